The predicted molar refractivity (Wildman–Crippen MR) is 86.1 cm³/mol. The highest BCUT2D eigenvalue weighted by Crippen LogP contribution is 2.25. The topological polar surface area (TPSA) is 83.7 Å². The Morgan fingerprint density at radius 3 is 2.48 bits per heavy atom. The monoisotopic (exact) mass is 314 g/mol. The molecule has 0 heterocycles. The van der Waals surface area contributed by atoms with Gasteiger partial charge < -0.3 is 10.0 Å². The van der Waals surface area contributed by atoms with Crippen LogP contribution in [-0.2, 0) is 6.54 Å². The molecule has 0 atom stereocenters. The summed E-state index contributed by atoms with van der Waals surface area (Å²) in [5.41, 5.74) is 1.18. The van der Waals surface area contributed by atoms with E-state index in [9.17, 15) is 20.0 Å². The summed E-state index contributed by atoms with van der Waals surface area (Å²) >= 11 is 0. The Bertz CT molecular complexity index is 701. The number of aliphatic hydroxyl groups excluding tert-OH is 1. The molecule has 0 radical (unpaired) electrons. The van der Waals surface area contributed by atoms with Gasteiger partial charge in [0.05, 0.1) is 11.5 Å². The molecule has 0 aliphatic carbocycles. The van der Waals surface area contributed by atoms with Crippen LogP contribution in [0.3, 0.4) is 0 Å². The first-order valence-electron chi connectivity index (χ1n) is 7.22. The molecule has 0 saturated carbocycles. The Hall–Kier alpha value is -2.73. The first-order valence-corrected chi connectivity index (χ1v) is 7.22. The van der Waals surface area contributed by atoms with Gasteiger partial charge in [-0.2, -0.15) is 0 Å². The lowest BCUT2D eigenvalue weighted by atomic mass is 10.1. The number of carbonyl (C=O) groups is 1. The quantitative estimate of drug-likeness (QED) is 0.656. The molecule has 0 unspecified atom stereocenters. The molecule has 0 aromatic heterocycles. The number of aliphatic hydroxyl groups is 1. The summed E-state index contributed by atoms with van der Waals surface area (Å²) in [6.07, 6.45) is 0. The number of hydrogen-bond acceptors (Lipinski definition) is 4. The average molecular weight is 314 g/mol. The third-order valence-corrected chi connectivity index (χ3v) is 3.52. The Morgan fingerprint density at radius 1 is 1.17 bits per heavy atom. The van der Waals surface area contributed by atoms with Crippen molar-refractivity contribution in [2.75, 3.05) is 13.2 Å². The maximum atomic E-state index is 12.7. The van der Waals surface area contributed by atoms with Gasteiger partial charge in [-0.3, -0.25) is 14.9 Å². The van der Waals surface area contributed by atoms with Gasteiger partial charge in [-0.15, -0.1) is 0 Å². The maximum absolute atomic E-state index is 12.7. The van der Waals surface area contributed by atoms with E-state index in [-0.39, 0.29) is 30.9 Å². The van der Waals surface area contributed by atoms with Gasteiger partial charge in [0.2, 0.25) is 0 Å². The van der Waals surface area contributed by atoms with Crippen molar-refractivity contribution in [1.29, 1.82) is 0 Å². The van der Waals surface area contributed by atoms with Crippen LogP contribution >= 0.6 is 0 Å². The normalized spacial score (nSPS) is 10.3. The highest BCUT2D eigenvalue weighted by molar-refractivity contribution is 5.98. The fraction of sp³-hybridized carbons (Fsp3) is 0.235. The van der Waals surface area contributed by atoms with Crippen LogP contribution in [0, 0.1) is 17.0 Å². The molecule has 1 amide bonds. The first-order chi connectivity index (χ1) is 11.0. The molecule has 23 heavy (non-hydrogen) atoms. The third-order valence-electron chi connectivity index (χ3n) is 3.52. The largest absolute Gasteiger partial charge is 0.395 e. The molecule has 2 rings (SSSR count). The van der Waals surface area contributed by atoms with Crippen molar-refractivity contribution in [3.8, 4) is 0 Å². The van der Waals surface area contributed by atoms with Crippen molar-refractivity contribution < 1.29 is 14.8 Å². The number of amides is 1. The third kappa shape index (κ3) is 3.92. The summed E-state index contributed by atoms with van der Waals surface area (Å²) < 4.78 is 0. The minimum Gasteiger partial charge on any atom is -0.395 e. The van der Waals surface area contributed by atoms with Gasteiger partial charge in [0.25, 0.3) is 11.6 Å². The van der Waals surface area contributed by atoms with Crippen LogP contribution in [0.25, 0.3) is 0 Å². The summed E-state index contributed by atoms with van der Waals surface area (Å²) in [4.78, 5) is 24.9. The van der Waals surface area contributed by atoms with Gasteiger partial charge >= 0.3 is 0 Å². The molecule has 0 fully saturated rings. The van der Waals surface area contributed by atoms with E-state index in [0.717, 1.165) is 5.56 Å². The molecule has 6 heteroatoms. The Kier molecular flexibility index (Phi) is 5.43. The molecular weight excluding hydrogens is 296 g/mol. The van der Waals surface area contributed by atoms with Crippen molar-refractivity contribution in [1.82, 2.24) is 4.90 Å². The van der Waals surface area contributed by atoms with Crippen LogP contribution in [0.1, 0.15) is 21.5 Å². The molecule has 0 bridgehead atoms. The Labute approximate surface area is 134 Å². The second-order valence-electron chi connectivity index (χ2n) is 5.16. The van der Waals surface area contributed by atoms with Gasteiger partial charge in [-0.05, 0) is 18.6 Å². The number of hydrogen-bond donors (Lipinski definition) is 1. The summed E-state index contributed by atoms with van der Waals surface area (Å²) in [6.45, 7) is 1.78. The van der Waals surface area contributed by atoms with E-state index in [0.29, 0.717) is 5.56 Å². The van der Waals surface area contributed by atoms with Crippen molar-refractivity contribution in [2.45, 2.75) is 13.5 Å². The molecule has 2 aromatic rings. The van der Waals surface area contributed by atoms with E-state index in [2.05, 4.69) is 0 Å². The number of para-hydroxylation sites is 1. The Balaban J connectivity index is 2.35. The molecule has 0 spiro atoms. The highest BCUT2D eigenvalue weighted by atomic mass is 16.6. The number of nitro benzene ring substituents is 1. The van der Waals surface area contributed by atoms with E-state index in [1.54, 1.807) is 19.1 Å². The molecule has 2 aromatic carbocycles. The van der Waals surface area contributed by atoms with Gasteiger partial charge in [0, 0.05) is 18.7 Å². The van der Waals surface area contributed by atoms with Crippen LogP contribution < -0.4 is 0 Å². The minimum absolute atomic E-state index is 0.0411. The standard InChI is InChI=1S/C17H18N2O4/c1-13-6-5-9-15(16(13)19(22)23)17(21)18(10-11-20)12-14-7-3-2-4-8-14/h2-9,20H,10-12H2,1H3. The predicted octanol–water partition coefficient (Wildman–Crippen LogP) is 2.54. The molecule has 0 saturated heterocycles. The minimum atomic E-state index is -0.539. The summed E-state index contributed by atoms with van der Waals surface area (Å²) in [7, 11) is 0. The van der Waals surface area contributed by atoms with Crippen molar-refractivity contribution >= 4 is 11.6 Å². The lowest BCUT2D eigenvalue weighted by Crippen LogP contribution is -2.33. The van der Waals surface area contributed by atoms with Gasteiger partial charge in [-0.25, -0.2) is 0 Å². The second kappa shape index (κ2) is 7.51. The number of nitrogens with zero attached hydrogens (tertiary/aromatic N) is 2. The zero-order chi connectivity index (χ0) is 16.8. The van der Waals surface area contributed by atoms with Crippen LogP contribution in [0.5, 0.6) is 0 Å². The molecule has 120 valence electrons. The van der Waals surface area contributed by atoms with Gasteiger partial charge in [0.15, 0.2) is 0 Å². The smallest absolute Gasteiger partial charge is 0.285 e. The lowest BCUT2D eigenvalue weighted by molar-refractivity contribution is -0.385. The van der Waals surface area contributed by atoms with Crippen molar-refractivity contribution in [2.24, 2.45) is 0 Å². The number of rotatable bonds is 6. The van der Waals surface area contributed by atoms with E-state index >= 15 is 0 Å². The van der Waals surface area contributed by atoms with Gasteiger partial charge in [0.1, 0.15) is 5.56 Å². The van der Waals surface area contributed by atoms with Crippen molar-refractivity contribution in [3.05, 3.63) is 75.3 Å². The van der Waals surface area contributed by atoms with E-state index < -0.39 is 10.8 Å². The number of aryl methyl sites for hydroxylation is 1. The van der Waals surface area contributed by atoms with Gasteiger partial charge in [-0.1, -0.05) is 42.5 Å². The molecule has 0 aliphatic rings. The zero-order valence-corrected chi connectivity index (χ0v) is 12.8. The van der Waals surface area contributed by atoms with Crippen LogP contribution in [0.4, 0.5) is 5.69 Å². The van der Waals surface area contributed by atoms with Crippen LogP contribution in [-0.4, -0.2) is 34.0 Å². The number of nitro groups is 1. The molecule has 0 aliphatic heterocycles. The van der Waals surface area contributed by atoms with Crippen molar-refractivity contribution in [3.63, 3.8) is 0 Å². The summed E-state index contributed by atoms with van der Waals surface area (Å²) in [5.74, 6) is -0.460. The first kappa shape index (κ1) is 16.6. The lowest BCUT2D eigenvalue weighted by Gasteiger charge is -2.22. The highest BCUT2D eigenvalue weighted by Gasteiger charge is 2.26. The second-order valence-corrected chi connectivity index (χ2v) is 5.16. The van der Waals surface area contributed by atoms with E-state index in [1.807, 2.05) is 30.3 Å². The Morgan fingerprint density at radius 2 is 1.87 bits per heavy atom. The number of benzene rings is 2. The van der Waals surface area contributed by atoms with E-state index in [1.165, 1.54) is 11.0 Å². The summed E-state index contributed by atoms with van der Waals surface area (Å²) in [5, 5.41) is 20.5. The fourth-order valence-electron chi connectivity index (χ4n) is 2.42. The van der Waals surface area contributed by atoms with Crippen LogP contribution in [0.2, 0.25) is 0 Å². The SMILES string of the molecule is Cc1cccc(C(=O)N(CCO)Cc2ccccc2)c1[N+](=O)[O-]. The average Bonchev–Trinajstić information content (AvgIpc) is 2.54. The molecule has 6 nitrogen and oxygen atoms in total. The molecule has 1 N–H and O–H groups in total. The molecular formula is C17H18N2O4. The summed E-state index contributed by atoms with van der Waals surface area (Å²) in [6, 6.07) is 14.0. The number of carbonyl (C=O) groups excluding carboxylic acids is 1. The van der Waals surface area contributed by atoms with E-state index in [4.69, 9.17) is 0 Å². The maximum Gasteiger partial charge on any atom is 0.285 e. The fourth-order valence-corrected chi connectivity index (χ4v) is 2.42. The van der Waals surface area contributed by atoms with Crippen LogP contribution in [0.15, 0.2) is 48.5 Å². The zero-order valence-electron chi connectivity index (χ0n) is 12.8.